The molecule has 4 rings (SSSR count). The Morgan fingerprint density at radius 3 is 2.21 bits per heavy atom. The van der Waals surface area contributed by atoms with Crippen molar-refractivity contribution < 1.29 is 14.3 Å². The average Bonchev–Trinajstić information content (AvgIpc) is 2.77. The minimum atomic E-state index is -0.00748. The molecule has 1 aliphatic heterocycles. The van der Waals surface area contributed by atoms with E-state index in [4.69, 9.17) is 14.5 Å². The smallest absolute Gasteiger partial charge is 0.254 e. The summed E-state index contributed by atoms with van der Waals surface area (Å²) in [6.45, 7) is 4.66. The maximum absolute atomic E-state index is 12.9. The Hall–Kier alpha value is -3.35. The first-order valence-electron chi connectivity index (χ1n) is 9.60. The van der Waals surface area contributed by atoms with E-state index in [-0.39, 0.29) is 5.91 Å². The van der Waals surface area contributed by atoms with Crippen molar-refractivity contribution in [1.82, 2.24) is 14.9 Å². The normalized spacial score (nSPS) is 14.2. The summed E-state index contributed by atoms with van der Waals surface area (Å²) in [5.74, 6) is 2.05. The number of para-hydroxylation sites is 2. The van der Waals surface area contributed by atoms with Gasteiger partial charge in [-0.2, -0.15) is 0 Å². The zero-order valence-corrected chi connectivity index (χ0v) is 16.9. The molecular formula is C22H24N4O3. The molecule has 0 aliphatic carbocycles. The summed E-state index contributed by atoms with van der Waals surface area (Å²) >= 11 is 0. The molecule has 0 atom stereocenters. The number of anilines is 1. The van der Waals surface area contributed by atoms with Crippen molar-refractivity contribution in [2.45, 2.75) is 6.92 Å². The number of methoxy groups -OCH3 is 2. The summed E-state index contributed by atoms with van der Waals surface area (Å²) in [4.78, 5) is 26.5. The van der Waals surface area contributed by atoms with E-state index in [1.54, 1.807) is 32.4 Å². The van der Waals surface area contributed by atoms with Gasteiger partial charge in [-0.1, -0.05) is 12.1 Å². The van der Waals surface area contributed by atoms with Gasteiger partial charge in [-0.15, -0.1) is 0 Å². The van der Waals surface area contributed by atoms with Gasteiger partial charge in [-0.25, -0.2) is 9.97 Å². The van der Waals surface area contributed by atoms with E-state index in [1.165, 1.54) is 0 Å². The van der Waals surface area contributed by atoms with Gasteiger partial charge >= 0.3 is 0 Å². The predicted octanol–water partition coefficient (Wildman–Crippen LogP) is 2.92. The molecule has 1 amide bonds. The van der Waals surface area contributed by atoms with Gasteiger partial charge in [0.15, 0.2) is 17.3 Å². The van der Waals surface area contributed by atoms with E-state index in [9.17, 15) is 4.79 Å². The van der Waals surface area contributed by atoms with Crippen LogP contribution in [-0.2, 0) is 0 Å². The Labute approximate surface area is 169 Å². The number of piperazine rings is 1. The number of fused-ring (bicyclic) bond motifs is 1. The van der Waals surface area contributed by atoms with E-state index in [0.29, 0.717) is 43.2 Å². The molecule has 0 bridgehead atoms. The minimum absolute atomic E-state index is 0.00748. The predicted molar refractivity (Wildman–Crippen MR) is 112 cm³/mol. The number of nitrogens with zero attached hydrogens (tertiary/aromatic N) is 4. The Kier molecular flexibility index (Phi) is 5.20. The number of rotatable bonds is 4. The molecule has 7 heteroatoms. The zero-order chi connectivity index (χ0) is 20.4. The third kappa shape index (κ3) is 3.68. The highest BCUT2D eigenvalue weighted by atomic mass is 16.5. The fourth-order valence-corrected chi connectivity index (χ4v) is 3.65. The summed E-state index contributed by atoms with van der Waals surface area (Å²) in [5, 5.41) is 0. The molecule has 1 aromatic heterocycles. The Morgan fingerprint density at radius 2 is 1.55 bits per heavy atom. The van der Waals surface area contributed by atoms with Crippen LogP contribution < -0.4 is 14.4 Å². The van der Waals surface area contributed by atoms with Crippen LogP contribution in [-0.4, -0.2) is 61.2 Å². The quantitative estimate of drug-likeness (QED) is 0.680. The molecule has 1 saturated heterocycles. The van der Waals surface area contributed by atoms with Gasteiger partial charge in [-0.3, -0.25) is 4.79 Å². The molecule has 1 aliphatic rings. The SMILES string of the molecule is COc1ccc(C(=O)N2CCN(c3nc4ccccc4nc3C)CC2)cc1OC. The van der Waals surface area contributed by atoms with Gasteiger partial charge in [0.05, 0.1) is 30.9 Å². The van der Waals surface area contributed by atoms with Crippen molar-refractivity contribution in [2.75, 3.05) is 45.3 Å². The van der Waals surface area contributed by atoms with Gasteiger partial charge in [0.2, 0.25) is 0 Å². The highest BCUT2D eigenvalue weighted by molar-refractivity contribution is 5.95. The first-order valence-corrected chi connectivity index (χ1v) is 9.60. The Balaban J connectivity index is 1.48. The van der Waals surface area contributed by atoms with E-state index >= 15 is 0 Å². The van der Waals surface area contributed by atoms with Crippen molar-refractivity contribution in [3.05, 3.63) is 53.7 Å². The van der Waals surface area contributed by atoms with Crippen LogP contribution in [0.1, 0.15) is 16.1 Å². The van der Waals surface area contributed by atoms with Gasteiger partial charge in [-0.05, 0) is 37.3 Å². The molecule has 2 heterocycles. The lowest BCUT2D eigenvalue weighted by Gasteiger charge is -2.36. The number of amides is 1. The molecule has 0 saturated carbocycles. The minimum Gasteiger partial charge on any atom is -0.493 e. The number of hydrogen-bond donors (Lipinski definition) is 0. The highest BCUT2D eigenvalue weighted by Crippen LogP contribution is 2.28. The number of carbonyl (C=O) groups excluding carboxylic acids is 1. The van der Waals surface area contributed by atoms with Crippen LogP contribution in [0, 0.1) is 6.92 Å². The standard InChI is InChI=1S/C22H24N4O3/c1-15-21(24-18-7-5-4-6-17(18)23-15)25-10-12-26(13-11-25)22(27)16-8-9-19(28-2)20(14-16)29-3/h4-9,14H,10-13H2,1-3H3. The highest BCUT2D eigenvalue weighted by Gasteiger charge is 2.25. The Bertz CT molecular complexity index is 1050. The molecular weight excluding hydrogens is 368 g/mol. The number of benzene rings is 2. The zero-order valence-electron chi connectivity index (χ0n) is 16.9. The molecule has 0 spiro atoms. The fourth-order valence-electron chi connectivity index (χ4n) is 3.65. The van der Waals surface area contributed by atoms with Crippen molar-refractivity contribution in [2.24, 2.45) is 0 Å². The van der Waals surface area contributed by atoms with Crippen LogP contribution in [0.4, 0.5) is 5.82 Å². The second kappa shape index (κ2) is 7.95. The van der Waals surface area contributed by atoms with Gasteiger partial charge in [0.1, 0.15) is 0 Å². The lowest BCUT2D eigenvalue weighted by molar-refractivity contribution is 0.0746. The van der Waals surface area contributed by atoms with Crippen LogP contribution in [0.3, 0.4) is 0 Å². The summed E-state index contributed by atoms with van der Waals surface area (Å²) < 4.78 is 10.6. The third-order valence-electron chi connectivity index (χ3n) is 5.22. The lowest BCUT2D eigenvalue weighted by Crippen LogP contribution is -2.49. The molecule has 3 aromatic rings. The molecule has 7 nitrogen and oxygen atoms in total. The molecule has 1 fully saturated rings. The van der Waals surface area contributed by atoms with Crippen molar-refractivity contribution in [3.63, 3.8) is 0 Å². The van der Waals surface area contributed by atoms with Gasteiger partial charge in [0.25, 0.3) is 5.91 Å². The van der Waals surface area contributed by atoms with Gasteiger partial charge in [0, 0.05) is 31.7 Å². The second-order valence-corrected chi connectivity index (χ2v) is 6.97. The van der Waals surface area contributed by atoms with Crippen LogP contribution in [0.25, 0.3) is 11.0 Å². The largest absolute Gasteiger partial charge is 0.493 e. The number of aromatic nitrogens is 2. The number of aryl methyl sites for hydroxylation is 1. The number of carbonyl (C=O) groups is 1. The molecule has 2 aromatic carbocycles. The first kappa shape index (κ1) is 19.0. The van der Waals surface area contributed by atoms with Crippen molar-refractivity contribution in [3.8, 4) is 11.5 Å². The molecule has 150 valence electrons. The molecule has 0 radical (unpaired) electrons. The number of hydrogen-bond acceptors (Lipinski definition) is 6. The summed E-state index contributed by atoms with van der Waals surface area (Å²) in [6.07, 6.45) is 0. The van der Waals surface area contributed by atoms with Crippen molar-refractivity contribution >= 4 is 22.8 Å². The van der Waals surface area contributed by atoms with Crippen LogP contribution in [0.15, 0.2) is 42.5 Å². The van der Waals surface area contributed by atoms with Crippen LogP contribution in [0.5, 0.6) is 11.5 Å². The lowest BCUT2D eigenvalue weighted by atomic mass is 10.1. The topological polar surface area (TPSA) is 67.8 Å². The maximum Gasteiger partial charge on any atom is 0.254 e. The Morgan fingerprint density at radius 1 is 0.897 bits per heavy atom. The monoisotopic (exact) mass is 392 g/mol. The molecule has 29 heavy (non-hydrogen) atoms. The van der Waals surface area contributed by atoms with E-state index in [0.717, 1.165) is 22.5 Å². The van der Waals surface area contributed by atoms with E-state index in [1.807, 2.05) is 36.1 Å². The summed E-state index contributed by atoms with van der Waals surface area (Å²) in [6, 6.07) is 13.1. The van der Waals surface area contributed by atoms with Gasteiger partial charge < -0.3 is 19.3 Å². The summed E-state index contributed by atoms with van der Waals surface area (Å²) in [5.41, 5.74) is 3.29. The molecule has 0 unspecified atom stereocenters. The van der Waals surface area contributed by atoms with Crippen LogP contribution in [0.2, 0.25) is 0 Å². The van der Waals surface area contributed by atoms with Crippen molar-refractivity contribution in [1.29, 1.82) is 0 Å². The average molecular weight is 392 g/mol. The second-order valence-electron chi connectivity index (χ2n) is 6.97. The van der Waals surface area contributed by atoms with Crippen LogP contribution >= 0.6 is 0 Å². The molecule has 0 N–H and O–H groups in total. The van der Waals surface area contributed by atoms with E-state index < -0.39 is 0 Å². The summed E-state index contributed by atoms with van der Waals surface area (Å²) in [7, 11) is 3.15. The fraction of sp³-hybridized carbons (Fsp3) is 0.318. The van der Waals surface area contributed by atoms with E-state index in [2.05, 4.69) is 9.88 Å². The number of ether oxygens (including phenoxy) is 2. The first-order chi connectivity index (χ1) is 14.1. The maximum atomic E-state index is 12.9. The third-order valence-corrected chi connectivity index (χ3v) is 5.22.